The SMILES string of the molecule is CCOC(=O)c1cc(C2CC2)nc2c1c(=O)n(CC(=O)NC1CCCCC1)c(=O)n2C. The van der Waals surface area contributed by atoms with E-state index < -0.39 is 23.8 Å². The van der Waals surface area contributed by atoms with Crippen molar-refractivity contribution < 1.29 is 14.3 Å². The second kappa shape index (κ2) is 8.64. The number of fused-ring (bicyclic) bond motifs is 1. The third kappa shape index (κ3) is 4.26. The number of esters is 1. The first-order valence-corrected chi connectivity index (χ1v) is 11.0. The third-order valence-corrected chi connectivity index (χ3v) is 6.08. The zero-order valence-electron chi connectivity index (χ0n) is 18.0. The monoisotopic (exact) mass is 428 g/mol. The number of nitrogens with zero attached hydrogens (tertiary/aromatic N) is 3. The Bertz CT molecular complexity index is 1140. The van der Waals surface area contributed by atoms with Crippen LogP contribution in [0.3, 0.4) is 0 Å². The molecular formula is C22H28N4O5. The summed E-state index contributed by atoms with van der Waals surface area (Å²) in [6, 6.07) is 1.66. The van der Waals surface area contributed by atoms with Gasteiger partial charge in [-0.2, -0.15) is 0 Å². The van der Waals surface area contributed by atoms with Crippen LogP contribution in [0.15, 0.2) is 15.7 Å². The lowest BCUT2D eigenvalue weighted by Gasteiger charge is -2.23. The summed E-state index contributed by atoms with van der Waals surface area (Å²) in [6.45, 7) is 1.45. The van der Waals surface area contributed by atoms with Crippen molar-refractivity contribution in [2.45, 2.75) is 70.4 Å². The highest BCUT2D eigenvalue weighted by atomic mass is 16.5. The summed E-state index contributed by atoms with van der Waals surface area (Å²) in [7, 11) is 1.50. The van der Waals surface area contributed by atoms with Crippen LogP contribution in [0.1, 0.15) is 73.8 Å². The first-order chi connectivity index (χ1) is 14.9. The number of hydrogen-bond donors (Lipinski definition) is 1. The quantitative estimate of drug-likeness (QED) is 0.700. The first-order valence-electron chi connectivity index (χ1n) is 11.0. The minimum absolute atomic E-state index is 0.00964. The lowest BCUT2D eigenvalue weighted by molar-refractivity contribution is -0.122. The number of pyridine rings is 1. The number of ether oxygens (including phenoxy) is 1. The molecule has 0 aromatic carbocycles. The van der Waals surface area contributed by atoms with Gasteiger partial charge in [-0.1, -0.05) is 19.3 Å². The first kappa shape index (κ1) is 21.3. The Labute approximate surface area is 179 Å². The van der Waals surface area contributed by atoms with Crippen LogP contribution in [-0.4, -0.2) is 38.6 Å². The van der Waals surface area contributed by atoms with Gasteiger partial charge >= 0.3 is 11.7 Å². The fourth-order valence-electron chi connectivity index (χ4n) is 4.26. The molecule has 0 aliphatic heterocycles. The maximum Gasteiger partial charge on any atom is 0.339 e. The molecule has 2 aliphatic rings. The molecule has 9 heteroatoms. The van der Waals surface area contributed by atoms with Crippen molar-refractivity contribution in [3.05, 3.63) is 38.2 Å². The molecule has 1 N–H and O–H groups in total. The van der Waals surface area contributed by atoms with Gasteiger partial charge in [0, 0.05) is 24.7 Å². The van der Waals surface area contributed by atoms with Crippen molar-refractivity contribution in [1.29, 1.82) is 0 Å². The molecule has 0 bridgehead atoms. The van der Waals surface area contributed by atoms with Crippen LogP contribution in [0.4, 0.5) is 0 Å². The average Bonchev–Trinajstić information content (AvgIpc) is 3.60. The van der Waals surface area contributed by atoms with E-state index in [2.05, 4.69) is 10.3 Å². The van der Waals surface area contributed by atoms with Gasteiger partial charge < -0.3 is 10.1 Å². The summed E-state index contributed by atoms with van der Waals surface area (Å²) in [5, 5.41) is 2.93. The van der Waals surface area contributed by atoms with E-state index in [4.69, 9.17) is 4.74 Å². The number of hydrogen-bond acceptors (Lipinski definition) is 6. The highest BCUT2D eigenvalue weighted by molar-refractivity contribution is 6.02. The Morgan fingerprint density at radius 2 is 1.87 bits per heavy atom. The average molecular weight is 428 g/mol. The Balaban J connectivity index is 1.78. The molecule has 0 unspecified atom stereocenters. The van der Waals surface area contributed by atoms with Crippen LogP contribution in [0.5, 0.6) is 0 Å². The molecule has 166 valence electrons. The van der Waals surface area contributed by atoms with E-state index >= 15 is 0 Å². The Kier molecular flexibility index (Phi) is 5.93. The van der Waals surface area contributed by atoms with Crippen LogP contribution in [-0.2, 0) is 23.1 Å². The highest BCUT2D eigenvalue weighted by Crippen LogP contribution is 2.39. The van der Waals surface area contributed by atoms with E-state index in [-0.39, 0.29) is 41.1 Å². The van der Waals surface area contributed by atoms with E-state index in [0.717, 1.165) is 49.5 Å². The van der Waals surface area contributed by atoms with Crippen molar-refractivity contribution in [1.82, 2.24) is 19.4 Å². The lowest BCUT2D eigenvalue weighted by atomic mass is 9.95. The molecule has 2 aromatic rings. The van der Waals surface area contributed by atoms with E-state index in [1.54, 1.807) is 13.0 Å². The van der Waals surface area contributed by atoms with Crippen molar-refractivity contribution >= 4 is 22.9 Å². The van der Waals surface area contributed by atoms with Gasteiger partial charge in [0.1, 0.15) is 12.2 Å². The molecular weight excluding hydrogens is 400 g/mol. The minimum atomic E-state index is -0.699. The van der Waals surface area contributed by atoms with Crippen molar-refractivity contribution in [2.24, 2.45) is 7.05 Å². The molecule has 0 atom stereocenters. The van der Waals surface area contributed by atoms with Gasteiger partial charge in [0.15, 0.2) is 0 Å². The number of carbonyl (C=O) groups excluding carboxylic acids is 2. The van der Waals surface area contributed by atoms with Crippen LogP contribution >= 0.6 is 0 Å². The van der Waals surface area contributed by atoms with E-state index in [9.17, 15) is 19.2 Å². The molecule has 2 heterocycles. The minimum Gasteiger partial charge on any atom is -0.462 e. The van der Waals surface area contributed by atoms with Crippen molar-refractivity contribution in [3.8, 4) is 0 Å². The molecule has 31 heavy (non-hydrogen) atoms. The predicted octanol–water partition coefficient (Wildman–Crippen LogP) is 1.60. The number of aromatic nitrogens is 3. The maximum atomic E-state index is 13.3. The van der Waals surface area contributed by atoms with E-state index in [1.165, 1.54) is 11.6 Å². The van der Waals surface area contributed by atoms with Gasteiger partial charge in [-0.05, 0) is 38.7 Å². The van der Waals surface area contributed by atoms with Gasteiger partial charge in [-0.3, -0.25) is 18.7 Å². The molecule has 9 nitrogen and oxygen atoms in total. The van der Waals surface area contributed by atoms with Gasteiger partial charge in [0.25, 0.3) is 5.56 Å². The Hall–Kier alpha value is -2.97. The summed E-state index contributed by atoms with van der Waals surface area (Å²) in [5.41, 5.74) is -0.415. The normalized spacial score (nSPS) is 17.0. The maximum absolute atomic E-state index is 13.3. The fourth-order valence-corrected chi connectivity index (χ4v) is 4.26. The van der Waals surface area contributed by atoms with Crippen LogP contribution in [0.25, 0.3) is 11.0 Å². The number of rotatable bonds is 6. The van der Waals surface area contributed by atoms with Crippen molar-refractivity contribution in [3.63, 3.8) is 0 Å². The summed E-state index contributed by atoms with van der Waals surface area (Å²) < 4.78 is 7.27. The zero-order valence-corrected chi connectivity index (χ0v) is 18.0. The van der Waals surface area contributed by atoms with E-state index in [1.807, 2.05) is 0 Å². The molecule has 2 aromatic heterocycles. The smallest absolute Gasteiger partial charge is 0.339 e. The topological polar surface area (TPSA) is 112 Å². The standard InChI is InChI=1S/C22H28N4O5/c1-3-31-21(29)15-11-16(13-9-10-13)24-19-18(15)20(28)26(22(30)25(19)2)12-17(27)23-14-7-5-4-6-8-14/h11,13-14H,3-10,12H2,1-2H3,(H,23,27). The second-order valence-corrected chi connectivity index (χ2v) is 8.42. The zero-order chi connectivity index (χ0) is 22.1. The number of amides is 1. The van der Waals surface area contributed by atoms with Gasteiger partial charge in [-0.25, -0.2) is 14.6 Å². The number of nitrogens with one attached hydrogen (secondary N) is 1. The summed E-state index contributed by atoms with van der Waals surface area (Å²) in [4.78, 5) is 55.9. The van der Waals surface area contributed by atoms with Gasteiger partial charge in [0.2, 0.25) is 5.91 Å². The van der Waals surface area contributed by atoms with Crippen LogP contribution in [0, 0.1) is 0 Å². The third-order valence-electron chi connectivity index (χ3n) is 6.08. The predicted molar refractivity (Wildman–Crippen MR) is 114 cm³/mol. The molecule has 0 saturated heterocycles. The van der Waals surface area contributed by atoms with Crippen molar-refractivity contribution in [2.75, 3.05) is 6.61 Å². The molecule has 1 amide bonds. The summed E-state index contributed by atoms with van der Waals surface area (Å²) >= 11 is 0. The summed E-state index contributed by atoms with van der Waals surface area (Å²) in [6.07, 6.45) is 6.97. The molecule has 2 fully saturated rings. The molecule has 4 rings (SSSR count). The van der Waals surface area contributed by atoms with Gasteiger partial charge in [0.05, 0.1) is 17.6 Å². The van der Waals surface area contributed by atoms with Crippen LogP contribution < -0.4 is 16.6 Å². The summed E-state index contributed by atoms with van der Waals surface area (Å²) in [5.74, 6) is -0.798. The largest absolute Gasteiger partial charge is 0.462 e. The lowest BCUT2D eigenvalue weighted by Crippen LogP contribution is -2.46. The molecule has 0 radical (unpaired) electrons. The Morgan fingerprint density at radius 3 is 2.52 bits per heavy atom. The second-order valence-electron chi connectivity index (χ2n) is 8.42. The Morgan fingerprint density at radius 1 is 1.16 bits per heavy atom. The fraction of sp³-hybridized carbons (Fsp3) is 0.591. The van der Waals surface area contributed by atoms with Crippen LogP contribution in [0.2, 0.25) is 0 Å². The molecule has 2 saturated carbocycles. The number of aryl methyl sites for hydroxylation is 1. The molecule has 0 spiro atoms. The highest BCUT2D eigenvalue weighted by Gasteiger charge is 2.29. The molecule has 2 aliphatic carbocycles. The number of carbonyl (C=O) groups is 2. The van der Waals surface area contributed by atoms with Gasteiger partial charge in [-0.15, -0.1) is 0 Å². The van der Waals surface area contributed by atoms with E-state index in [0.29, 0.717) is 5.69 Å².